The Kier molecular flexibility index (Phi) is 6.15. The maximum Gasteiger partial charge on any atom is 0.233 e. The van der Waals surface area contributed by atoms with Crippen LogP contribution >= 0.6 is 11.8 Å². The lowest BCUT2D eigenvalue weighted by Gasteiger charge is -2.16. The standard InChI is InChI=1S/C22H25N3O3S2/c1-16(21(26)23-18-12-14-30(27,28)15-18)29-22-24-19-9-5-6-10-20(19)25(22)13-11-17-7-3-2-4-8-17/h2-10,16,18H,11-15H2,1H3,(H,23,26)/t16-,18+/m0/s1. The quantitative estimate of drug-likeness (QED) is 0.568. The van der Waals surface area contributed by atoms with E-state index in [-0.39, 0.29) is 28.7 Å². The highest BCUT2D eigenvalue weighted by Gasteiger charge is 2.30. The maximum atomic E-state index is 12.7. The molecule has 1 aromatic heterocycles. The smallest absolute Gasteiger partial charge is 0.233 e. The van der Waals surface area contributed by atoms with E-state index >= 15 is 0 Å². The minimum atomic E-state index is -3.02. The number of carbonyl (C=O) groups is 1. The first kappa shape index (κ1) is 20.9. The predicted octanol–water partition coefficient (Wildman–Crippen LogP) is 3.06. The van der Waals surface area contributed by atoms with E-state index in [1.165, 1.54) is 17.3 Å². The Morgan fingerprint density at radius 3 is 2.67 bits per heavy atom. The van der Waals surface area contributed by atoms with Gasteiger partial charge in [0.15, 0.2) is 15.0 Å². The Bertz CT molecular complexity index is 1140. The van der Waals surface area contributed by atoms with Crippen LogP contribution in [0.2, 0.25) is 0 Å². The number of hydrogen-bond donors (Lipinski definition) is 1. The van der Waals surface area contributed by atoms with Crippen molar-refractivity contribution in [2.24, 2.45) is 0 Å². The van der Waals surface area contributed by atoms with Crippen molar-refractivity contribution < 1.29 is 13.2 Å². The van der Waals surface area contributed by atoms with Gasteiger partial charge in [-0.05, 0) is 37.5 Å². The number of rotatable bonds is 7. The summed E-state index contributed by atoms with van der Waals surface area (Å²) in [4.78, 5) is 17.4. The van der Waals surface area contributed by atoms with Gasteiger partial charge in [-0.25, -0.2) is 13.4 Å². The molecule has 1 fully saturated rings. The van der Waals surface area contributed by atoms with Crippen molar-refractivity contribution in [2.75, 3.05) is 11.5 Å². The van der Waals surface area contributed by atoms with E-state index in [2.05, 4.69) is 22.0 Å². The van der Waals surface area contributed by atoms with Crippen LogP contribution in [0.5, 0.6) is 0 Å². The second kappa shape index (κ2) is 8.81. The Morgan fingerprint density at radius 2 is 1.93 bits per heavy atom. The van der Waals surface area contributed by atoms with Gasteiger partial charge in [0.2, 0.25) is 5.91 Å². The number of aryl methyl sites for hydroxylation is 2. The number of amides is 1. The van der Waals surface area contributed by atoms with Crippen molar-refractivity contribution in [1.82, 2.24) is 14.9 Å². The molecule has 2 aromatic carbocycles. The van der Waals surface area contributed by atoms with Gasteiger partial charge < -0.3 is 9.88 Å². The van der Waals surface area contributed by atoms with Crippen molar-refractivity contribution in [3.05, 3.63) is 60.2 Å². The normalized spacial score (nSPS) is 19.0. The third kappa shape index (κ3) is 4.87. The number of thioether (sulfide) groups is 1. The van der Waals surface area contributed by atoms with Crippen LogP contribution in [0.1, 0.15) is 18.9 Å². The van der Waals surface area contributed by atoms with Crippen LogP contribution in [-0.2, 0) is 27.6 Å². The van der Waals surface area contributed by atoms with Gasteiger partial charge in [0, 0.05) is 12.6 Å². The van der Waals surface area contributed by atoms with Crippen molar-refractivity contribution >= 4 is 38.5 Å². The molecule has 30 heavy (non-hydrogen) atoms. The summed E-state index contributed by atoms with van der Waals surface area (Å²) in [5.74, 6) is 0.0317. The molecule has 2 atom stereocenters. The van der Waals surface area contributed by atoms with Gasteiger partial charge in [-0.3, -0.25) is 4.79 Å². The summed E-state index contributed by atoms with van der Waals surface area (Å²) in [6.07, 6.45) is 1.36. The first-order valence-electron chi connectivity index (χ1n) is 10.1. The maximum absolute atomic E-state index is 12.7. The highest BCUT2D eigenvalue weighted by atomic mass is 32.2. The summed E-state index contributed by atoms with van der Waals surface area (Å²) >= 11 is 1.41. The summed E-state index contributed by atoms with van der Waals surface area (Å²) in [6, 6.07) is 18.0. The minimum Gasteiger partial charge on any atom is -0.351 e. The number of carbonyl (C=O) groups excluding carboxylic acids is 1. The SMILES string of the molecule is C[C@H](Sc1nc2ccccc2n1CCc1ccccc1)C(=O)N[C@@H]1CCS(=O)(=O)C1. The number of imidazole rings is 1. The molecule has 1 N–H and O–H groups in total. The summed E-state index contributed by atoms with van der Waals surface area (Å²) < 4.78 is 25.5. The largest absolute Gasteiger partial charge is 0.351 e. The summed E-state index contributed by atoms with van der Waals surface area (Å²) in [7, 11) is -3.02. The average molecular weight is 444 g/mol. The fourth-order valence-corrected chi connectivity index (χ4v) is 6.32. The molecule has 1 aliphatic rings. The fraction of sp³-hybridized carbons (Fsp3) is 0.364. The fourth-order valence-electron chi connectivity index (χ4n) is 3.68. The third-order valence-electron chi connectivity index (χ3n) is 5.32. The molecule has 0 unspecified atom stereocenters. The Balaban J connectivity index is 1.49. The van der Waals surface area contributed by atoms with Crippen LogP contribution < -0.4 is 5.32 Å². The molecule has 1 saturated heterocycles. The molecule has 0 bridgehead atoms. The molecule has 2 heterocycles. The van der Waals surface area contributed by atoms with Gasteiger partial charge in [-0.15, -0.1) is 0 Å². The molecule has 1 aliphatic heterocycles. The number of benzene rings is 2. The number of nitrogens with zero attached hydrogens (tertiary/aromatic N) is 2. The first-order chi connectivity index (χ1) is 14.4. The third-order valence-corrected chi connectivity index (χ3v) is 8.17. The van der Waals surface area contributed by atoms with Gasteiger partial charge in [0.1, 0.15) is 0 Å². The van der Waals surface area contributed by atoms with Crippen LogP contribution in [0.25, 0.3) is 11.0 Å². The van der Waals surface area contributed by atoms with Crippen molar-refractivity contribution in [2.45, 2.75) is 42.8 Å². The number of fused-ring (bicyclic) bond motifs is 1. The number of aromatic nitrogens is 2. The number of sulfone groups is 1. The van der Waals surface area contributed by atoms with E-state index in [0.29, 0.717) is 6.42 Å². The van der Waals surface area contributed by atoms with Crippen molar-refractivity contribution in [3.8, 4) is 0 Å². The highest BCUT2D eigenvalue weighted by Crippen LogP contribution is 2.28. The molecular formula is C22H25N3O3S2. The zero-order valence-electron chi connectivity index (χ0n) is 16.8. The van der Waals surface area contributed by atoms with Crippen LogP contribution in [-0.4, -0.2) is 46.7 Å². The van der Waals surface area contributed by atoms with Crippen LogP contribution in [0.15, 0.2) is 59.8 Å². The van der Waals surface area contributed by atoms with Crippen LogP contribution in [0.3, 0.4) is 0 Å². The molecule has 0 saturated carbocycles. The average Bonchev–Trinajstić information content (AvgIpc) is 3.25. The molecule has 0 radical (unpaired) electrons. The predicted molar refractivity (Wildman–Crippen MR) is 120 cm³/mol. The van der Waals surface area contributed by atoms with Crippen molar-refractivity contribution in [3.63, 3.8) is 0 Å². The Hall–Kier alpha value is -2.32. The second-order valence-corrected chi connectivity index (χ2v) is 11.2. The molecule has 6 nitrogen and oxygen atoms in total. The van der Waals surface area contributed by atoms with E-state index in [4.69, 9.17) is 4.98 Å². The summed E-state index contributed by atoms with van der Waals surface area (Å²) in [6.45, 7) is 2.60. The zero-order chi connectivity index (χ0) is 21.1. The van der Waals surface area contributed by atoms with E-state index < -0.39 is 9.84 Å². The zero-order valence-corrected chi connectivity index (χ0v) is 18.5. The van der Waals surface area contributed by atoms with Crippen LogP contribution in [0, 0.1) is 0 Å². The monoisotopic (exact) mass is 443 g/mol. The topological polar surface area (TPSA) is 81.1 Å². The molecular weight excluding hydrogens is 418 g/mol. The first-order valence-corrected chi connectivity index (χ1v) is 12.8. The van der Waals surface area contributed by atoms with Gasteiger partial charge in [0.25, 0.3) is 0 Å². The molecule has 8 heteroatoms. The van der Waals surface area contributed by atoms with Crippen LogP contribution in [0.4, 0.5) is 0 Å². The summed E-state index contributed by atoms with van der Waals surface area (Å²) in [5, 5.41) is 3.31. The van der Waals surface area contributed by atoms with Gasteiger partial charge in [0.05, 0.1) is 27.8 Å². The molecule has 0 spiro atoms. The van der Waals surface area contributed by atoms with Crippen molar-refractivity contribution in [1.29, 1.82) is 0 Å². The minimum absolute atomic E-state index is 0.0334. The molecule has 4 rings (SSSR count). The molecule has 3 aromatic rings. The van der Waals surface area contributed by atoms with E-state index in [0.717, 1.165) is 29.2 Å². The number of hydrogen-bond acceptors (Lipinski definition) is 5. The van der Waals surface area contributed by atoms with E-state index in [1.807, 2.05) is 49.4 Å². The van der Waals surface area contributed by atoms with Gasteiger partial charge in [-0.2, -0.15) is 0 Å². The lowest BCUT2D eigenvalue weighted by atomic mass is 10.1. The lowest BCUT2D eigenvalue weighted by molar-refractivity contribution is -0.120. The molecule has 1 amide bonds. The number of para-hydroxylation sites is 2. The van der Waals surface area contributed by atoms with Gasteiger partial charge in [-0.1, -0.05) is 54.2 Å². The Labute approximate surface area is 181 Å². The second-order valence-electron chi connectivity index (χ2n) is 7.64. The van der Waals surface area contributed by atoms with E-state index in [1.54, 1.807) is 0 Å². The molecule has 158 valence electrons. The molecule has 0 aliphatic carbocycles. The Morgan fingerprint density at radius 1 is 1.20 bits per heavy atom. The number of nitrogens with one attached hydrogen (secondary N) is 1. The van der Waals surface area contributed by atoms with E-state index in [9.17, 15) is 13.2 Å². The highest BCUT2D eigenvalue weighted by molar-refractivity contribution is 8.00. The summed E-state index contributed by atoms with van der Waals surface area (Å²) in [5.41, 5.74) is 3.20. The van der Waals surface area contributed by atoms with Gasteiger partial charge >= 0.3 is 0 Å². The lowest BCUT2D eigenvalue weighted by Crippen LogP contribution is -2.40.